The van der Waals surface area contributed by atoms with Gasteiger partial charge < -0.3 is 19.5 Å². The van der Waals surface area contributed by atoms with Crippen molar-refractivity contribution in [2.75, 3.05) is 13.2 Å². The summed E-state index contributed by atoms with van der Waals surface area (Å²) < 4.78 is 17.5. The molecule has 3 fully saturated rings. The normalized spacial score (nSPS) is 24.7. The zero-order chi connectivity index (χ0) is 16.2. The molecule has 5 nitrogen and oxygen atoms in total. The third-order valence-electron chi connectivity index (χ3n) is 5.54. The first-order valence-corrected chi connectivity index (χ1v) is 9.44. The highest BCUT2D eigenvalue weighted by molar-refractivity contribution is 5.18. The molecule has 0 unspecified atom stereocenters. The molecule has 4 rings (SSSR count). The van der Waals surface area contributed by atoms with Crippen LogP contribution in [0.1, 0.15) is 56.9 Å². The molecule has 132 valence electrons. The van der Waals surface area contributed by atoms with Gasteiger partial charge in [-0.25, -0.2) is 4.98 Å². The van der Waals surface area contributed by atoms with Crippen molar-refractivity contribution >= 4 is 0 Å². The van der Waals surface area contributed by atoms with Crippen LogP contribution in [0.3, 0.4) is 0 Å². The van der Waals surface area contributed by atoms with Gasteiger partial charge in [-0.2, -0.15) is 0 Å². The van der Waals surface area contributed by atoms with Crippen LogP contribution in [-0.4, -0.2) is 36.1 Å². The Morgan fingerprint density at radius 2 is 1.83 bits per heavy atom. The van der Waals surface area contributed by atoms with Crippen molar-refractivity contribution in [3.05, 3.63) is 23.9 Å². The van der Waals surface area contributed by atoms with Gasteiger partial charge in [-0.15, -0.1) is 0 Å². The Balaban J connectivity index is 1.21. The number of aromatic nitrogens is 1. The van der Waals surface area contributed by atoms with Gasteiger partial charge in [0.2, 0.25) is 5.88 Å². The summed E-state index contributed by atoms with van der Waals surface area (Å²) in [4.78, 5) is 4.46. The molecule has 1 aromatic rings. The number of hydrogen-bond donors (Lipinski definition) is 1. The topological polar surface area (TPSA) is 52.6 Å². The molecule has 2 heterocycles. The predicted molar refractivity (Wildman–Crippen MR) is 90.9 cm³/mol. The van der Waals surface area contributed by atoms with Gasteiger partial charge in [0.1, 0.15) is 6.10 Å². The van der Waals surface area contributed by atoms with E-state index < -0.39 is 0 Å². The summed E-state index contributed by atoms with van der Waals surface area (Å²) in [5, 5.41) is 3.64. The maximum absolute atomic E-state index is 5.92. The van der Waals surface area contributed by atoms with E-state index in [2.05, 4.69) is 16.4 Å². The second-order valence-electron chi connectivity index (χ2n) is 7.29. The van der Waals surface area contributed by atoms with Crippen molar-refractivity contribution in [2.24, 2.45) is 0 Å². The minimum absolute atomic E-state index is 0.265. The third kappa shape index (κ3) is 3.90. The molecule has 3 aliphatic rings. The third-order valence-corrected chi connectivity index (χ3v) is 5.54. The molecule has 1 saturated heterocycles. The minimum Gasteiger partial charge on any atom is -0.474 e. The zero-order valence-electron chi connectivity index (χ0n) is 14.3. The van der Waals surface area contributed by atoms with Crippen molar-refractivity contribution in [3.63, 3.8) is 0 Å². The van der Waals surface area contributed by atoms with Crippen molar-refractivity contribution in [1.29, 1.82) is 0 Å². The Bertz CT molecular complexity index is 512. The second kappa shape index (κ2) is 7.38. The lowest BCUT2D eigenvalue weighted by atomic mass is 9.90. The van der Waals surface area contributed by atoms with Crippen LogP contribution in [0.25, 0.3) is 0 Å². The molecule has 2 aliphatic carbocycles. The lowest BCUT2D eigenvalue weighted by Crippen LogP contribution is -2.41. The van der Waals surface area contributed by atoms with Gasteiger partial charge in [-0.3, -0.25) is 0 Å². The standard InChI is InChI=1S/C19H28N2O3/c1-2-4-17(3-1)24-18-6-5-15(14-21-18)13-20-16-7-9-19(10-8-16)22-11-12-23-19/h5-6,14,16-17,20H,1-4,7-13H2. The molecule has 0 atom stereocenters. The van der Waals surface area contributed by atoms with Gasteiger partial charge in [0.15, 0.2) is 5.79 Å². The molecule has 24 heavy (non-hydrogen) atoms. The molecule has 2 saturated carbocycles. The number of hydrogen-bond acceptors (Lipinski definition) is 5. The quantitative estimate of drug-likeness (QED) is 0.897. The summed E-state index contributed by atoms with van der Waals surface area (Å²) in [6, 6.07) is 4.67. The Kier molecular flexibility index (Phi) is 5.01. The smallest absolute Gasteiger partial charge is 0.213 e. The molecule has 1 N–H and O–H groups in total. The molecule has 1 aliphatic heterocycles. The number of rotatable bonds is 5. The fraction of sp³-hybridized carbons (Fsp3) is 0.737. The van der Waals surface area contributed by atoms with E-state index in [9.17, 15) is 0 Å². The average molecular weight is 332 g/mol. The van der Waals surface area contributed by atoms with E-state index in [4.69, 9.17) is 14.2 Å². The fourth-order valence-electron chi connectivity index (χ4n) is 4.07. The van der Waals surface area contributed by atoms with Crippen LogP contribution in [0.2, 0.25) is 0 Å². The SMILES string of the molecule is c1cc(OC2CCCC2)ncc1CNC1CCC2(CC1)OCCO2. The van der Waals surface area contributed by atoms with E-state index >= 15 is 0 Å². The molecule has 0 aromatic carbocycles. The van der Waals surface area contributed by atoms with Gasteiger partial charge in [-0.05, 0) is 44.1 Å². The van der Waals surface area contributed by atoms with Crippen molar-refractivity contribution in [3.8, 4) is 5.88 Å². The summed E-state index contributed by atoms with van der Waals surface area (Å²) in [7, 11) is 0. The largest absolute Gasteiger partial charge is 0.474 e. The molecule has 0 radical (unpaired) electrons. The van der Waals surface area contributed by atoms with Crippen LogP contribution in [0, 0.1) is 0 Å². The van der Waals surface area contributed by atoms with E-state index in [0.29, 0.717) is 12.1 Å². The van der Waals surface area contributed by atoms with Gasteiger partial charge >= 0.3 is 0 Å². The molecular formula is C19H28N2O3. The first-order valence-electron chi connectivity index (χ1n) is 9.44. The first-order chi connectivity index (χ1) is 11.8. The Morgan fingerprint density at radius 1 is 1.08 bits per heavy atom. The first kappa shape index (κ1) is 16.3. The molecule has 5 heteroatoms. The van der Waals surface area contributed by atoms with Crippen LogP contribution in [0.4, 0.5) is 0 Å². The highest BCUT2D eigenvalue weighted by Gasteiger charge is 2.40. The van der Waals surface area contributed by atoms with E-state index in [1.54, 1.807) is 0 Å². The maximum Gasteiger partial charge on any atom is 0.213 e. The van der Waals surface area contributed by atoms with Crippen LogP contribution < -0.4 is 10.1 Å². The summed E-state index contributed by atoms with van der Waals surface area (Å²) in [5.74, 6) is 0.500. The lowest BCUT2D eigenvalue weighted by Gasteiger charge is -2.35. The van der Waals surface area contributed by atoms with E-state index in [0.717, 1.165) is 51.3 Å². The second-order valence-corrected chi connectivity index (χ2v) is 7.29. The van der Waals surface area contributed by atoms with Crippen molar-refractivity contribution in [1.82, 2.24) is 10.3 Å². The van der Waals surface area contributed by atoms with Gasteiger partial charge in [-0.1, -0.05) is 6.07 Å². The van der Waals surface area contributed by atoms with E-state index in [1.165, 1.54) is 31.2 Å². The Morgan fingerprint density at radius 3 is 2.50 bits per heavy atom. The minimum atomic E-state index is -0.265. The zero-order valence-corrected chi connectivity index (χ0v) is 14.3. The van der Waals surface area contributed by atoms with Crippen LogP contribution >= 0.6 is 0 Å². The maximum atomic E-state index is 5.92. The predicted octanol–water partition coefficient (Wildman–Crippen LogP) is 3.18. The Hall–Kier alpha value is -1.17. The summed E-state index contributed by atoms with van der Waals surface area (Å²) in [6.07, 6.45) is 11.4. The molecule has 1 aromatic heterocycles. The monoisotopic (exact) mass is 332 g/mol. The summed E-state index contributed by atoms with van der Waals surface area (Å²) >= 11 is 0. The molecular weight excluding hydrogens is 304 g/mol. The van der Waals surface area contributed by atoms with Crippen molar-refractivity contribution in [2.45, 2.75) is 75.8 Å². The molecule has 1 spiro atoms. The highest BCUT2D eigenvalue weighted by atomic mass is 16.7. The summed E-state index contributed by atoms with van der Waals surface area (Å²) in [5.41, 5.74) is 1.21. The summed E-state index contributed by atoms with van der Waals surface area (Å²) in [6.45, 7) is 2.36. The lowest BCUT2D eigenvalue weighted by molar-refractivity contribution is -0.179. The van der Waals surface area contributed by atoms with Gasteiger partial charge in [0, 0.05) is 37.7 Å². The van der Waals surface area contributed by atoms with Crippen LogP contribution in [-0.2, 0) is 16.0 Å². The van der Waals surface area contributed by atoms with Crippen LogP contribution in [0.5, 0.6) is 5.88 Å². The van der Waals surface area contributed by atoms with Gasteiger partial charge in [0.25, 0.3) is 0 Å². The number of pyridine rings is 1. The van der Waals surface area contributed by atoms with E-state index in [1.807, 2.05) is 12.3 Å². The number of nitrogens with one attached hydrogen (secondary N) is 1. The fourth-order valence-corrected chi connectivity index (χ4v) is 4.07. The van der Waals surface area contributed by atoms with E-state index in [-0.39, 0.29) is 5.79 Å². The Labute approximate surface area is 144 Å². The number of nitrogens with zero attached hydrogens (tertiary/aromatic N) is 1. The molecule has 0 bridgehead atoms. The highest BCUT2D eigenvalue weighted by Crippen LogP contribution is 2.35. The van der Waals surface area contributed by atoms with Gasteiger partial charge in [0.05, 0.1) is 13.2 Å². The molecule has 0 amide bonds. The average Bonchev–Trinajstić information content (AvgIpc) is 3.28. The van der Waals surface area contributed by atoms with Crippen molar-refractivity contribution < 1.29 is 14.2 Å². The number of ether oxygens (including phenoxy) is 3. The van der Waals surface area contributed by atoms with Crippen LogP contribution in [0.15, 0.2) is 18.3 Å².